The molecule has 1 aliphatic heterocycles. The molecule has 2 aromatic carbocycles. The molecule has 0 saturated carbocycles. The van der Waals surface area contributed by atoms with Gasteiger partial charge < -0.3 is 19.3 Å². The fourth-order valence-electron chi connectivity index (χ4n) is 3.57. The van der Waals surface area contributed by atoms with Gasteiger partial charge in [-0.15, -0.1) is 11.3 Å². The predicted molar refractivity (Wildman–Crippen MR) is 126 cm³/mol. The van der Waals surface area contributed by atoms with E-state index in [1.54, 1.807) is 22.2 Å². The summed E-state index contributed by atoms with van der Waals surface area (Å²) in [4.78, 5) is 32.7. The second-order valence-corrected chi connectivity index (χ2v) is 9.17. The lowest BCUT2D eigenvalue weighted by atomic mass is 10.0. The molecule has 1 saturated heterocycles. The Hall–Kier alpha value is -3.39. The van der Waals surface area contributed by atoms with Crippen LogP contribution in [0.4, 0.5) is 4.79 Å². The van der Waals surface area contributed by atoms with Crippen molar-refractivity contribution in [2.45, 2.75) is 20.1 Å². The number of hydrogen-bond acceptors (Lipinski definition) is 6. The highest BCUT2D eigenvalue weighted by Crippen LogP contribution is 2.20. The number of likely N-dealkylation sites (tertiary alicyclic amines) is 1. The summed E-state index contributed by atoms with van der Waals surface area (Å²) in [5, 5.41) is 2.52. The highest BCUT2D eigenvalue weighted by molar-refractivity contribution is 7.09. The Morgan fingerprint density at radius 3 is 2.55 bits per heavy atom. The van der Waals surface area contributed by atoms with Crippen molar-refractivity contribution in [2.24, 2.45) is 5.92 Å². The van der Waals surface area contributed by atoms with Gasteiger partial charge in [-0.2, -0.15) is 0 Å². The van der Waals surface area contributed by atoms with Crippen molar-refractivity contribution in [1.29, 1.82) is 0 Å². The normalized spacial score (nSPS) is 13.3. The first-order valence-corrected chi connectivity index (χ1v) is 11.7. The molecular weight excluding hydrogens is 438 g/mol. The fraction of sp³-hybridized carbons (Fsp3) is 0.320. The van der Waals surface area contributed by atoms with Crippen LogP contribution >= 0.6 is 11.3 Å². The lowest BCUT2D eigenvalue weighted by Gasteiger charge is -2.39. The van der Waals surface area contributed by atoms with Gasteiger partial charge in [0.2, 0.25) is 0 Å². The molecular formula is C25H27N3O4S. The Morgan fingerprint density at radius 2 is 1.82 bits per heavy atom. The molecule has 8 heteroatoms. The summed E-state index contributed by atoms with van der Waals surface area (Å²) in [7, 11) is 1.76. The third kappa shape index (κ3) is 6.10. The van der Waals surface area contributed by atoms with Crippen LogP contribution in [-0.4, -0.2) is 53.5 Å². The van der Waals surface area contributed by atoms with Crippen LogP contribution in [0.1, 0.15) is 26.6 Å². The molecule has 0 unspecified atom stereocenters. The maximum Gasteiger partial charge on any atom is 0.410 e. The number of aromatic nitrogens is 1. The zero-order valence-corrected chi connectivity index (χ0v) is 19.6. The molecule has 4 rings (SSSR count). The molecule has 3 aromatic rings. The number of hydrogen-bond donors (Lipinski definition) is 0. The quantitative estimate of drug-likeness (QED) is 0.494. The molecule has 0 radical (unpaired) electrons. The van der Waals surface area contributed by atoms with Gasteiger partial charge in [0.15, 0.2) is 0 Å². The van der Waals surface area contributed by atoms with Gasteiger partial charge in [0.05, 0.1) is 0 Å². The minimum Gasteiger partial charge on any atom is -0.486 e. The number of amides is 2. The smallest absolute Gasteiger partial charge is 0.410 e. The molecule has 172 valence electrons. The van der Waals surface area contributed by atoms with E-state index in [9.17, 15) is 9.59 Å². The van der Waals surface area contributed by atoms with Crippen molar-refractivity contribution >= 4 is 23.3 Å². The topological polar surface area (TPSA) is 72.0 Å². The molecule has 2 heterocycles. The average molecular weight is 466 g/mol. The van der Waals surface area contributed by atoms with Crippen molar-refractivity contribution in [3.8, 4) is 5.75 Å². The van der Waals surface area contributed by atoms with E-state index >= 15 is 0 Å². The van der Waals surface area contributed by atoms with Crippen molar-refractivity contribution in [3.63, 3.8) is 0 Å². The number of carbonyl (C=O) groups excluding carboxylic acids is 2. The number of ether oxygens (including phenoxy) is 2. The molecule has 0 N–H and O–H groups in total. The van der Waals surface area contributed by atoms with Gasteiger partial charge in [0.25, 0.3) is 5.91 Å². The van der Waals surface area contributed by atoms with E-state index in [0.717, 1.165) is 16.3 Å². The zero-order chi connectivity index (χ0) is 23.2. The third-order valence-electron chi connectivity index (χ3n) is 5.45. The first-order chi connectivity index (χ1) is 16.0. The molecule has 1 aliphatic rings. The van der Waals surface area contributed by atoms with Crippen molar-refractivity contribution in [2.75, 3.05) is 26.7 Å². The van der Waals surface area contributed by atoms with Crippen LogP contribution in [0.15, 0.2) is 60.0 Å². The van der Waals surface area contributed by atoms with Crippen molar-refractivity contribution in [3.05, 3.63) is 81.8 Å². The second-order valence-electron chi connectivity index (χ2n) is 8.23. The average Bonchev–Trinajstić information content (AvgIpc) is 3.28. The maximum absolute atomic E-state index is 12.7. The van der Waals surface area contributed by atoms with Crippen molar-refractivity contribution < 1.29 is 19.1 Å². The van der Waals surface area contributed by atoms with Crippen LogP contribution in [0, 0.1) is 12.8 Å². The molecule has 7 nitrogen and oxygen atoms in total. The summed E-state index contributed by atoms with van der Waals surface area (Å²) < 4.78 is 11.1. The van der Waals surface area contributed by atoms with E-state index in [1.165, 1.54) is 16.9 Å². The Kier molecular flexibility index (Phi) is 7.24. The first kappa shape index (κ1) is 22.8. The minimum atomic E-state index is -0.318. The van der Waals surface area contributed by atoms with Gasteiger partial charge in [-0.25, -0.2) is 9.78 Å². The molecule has 0 spiro atoms. The van der Waals surface area contributed by atoms with Gasteiger partial charge in [0, 0.05) is 38.0 Å². The van der Waals surface area contributed by atoms with Gasteiger partial charge in [-0.3, -0.25) is 4.79 Å². The molecule has 0 atom stereocenters. The number of rotatable bonds is 8. The largest absolute Gasteiger partial charge is 0.486 e. The summed E-state index contributed by atoms with van der Waals surface area (Å²) in [6.07, 6.45) is -0.318. The molecule has 1 fully saturated rings. The van der Waals surface area contributed by atoms with E-state index in [0.29, 0.717) is 31.9 Å². The van der Waals surface area contributed by atoms with Crippen LogP contribution in [0.2, 0.25) is 0 Å². The number of carbonyl (C=O) groups is 2. The molecule has 2 amide bonds. The Balaban J connectivity index is 1.19. The number of benzene rings is 2. The monoisotopic (exact) mass is 465 g/mol. The summed E-state index contributed by atoms with van der Waals surface area (Å²) in [5.41, 5.74) is 2.55. The lowest BCUT2D eigenvalue weighted by molar-refractivity contribution is 0.0376. The Morgan fingerprint density at radius 1 is 1.09 bits per heavy atom. The number of nitrogens with zero attached hydrogens (tertiary/aromatic N) is 3. The van der Waals surface area contributed by atoms with E-state index in [-0.39, 0.29) is 24.5 Å². The standard InChI is InChI=1S/C25H27N3O4S/c1-18-8-10-21(11-9-18)31-16-23-26-22(17-33-23)24(29)27(2)12-20-13-28(14-20)25(30)32-15-19-6-4-3-5-7-19/h3-11,17,20H,12-16H2,1-2H3. The second kappa shape index (κ2) is 10.5. The summed E-state index contributed by atoms with van der Waals surface area (Å²) in [5.74, 6) is 0.877. The fourth-order valence-corrected chi connectivity index (χ4v) is 4.24. The number of thiazole rings is 1. The third-order valence-corrected chi connectivity index (χ3v) is 6.28. The van der Waals surface area contributed by atoms with Crippen LogP contribution in [-0.2, 0) is 18.0 Å². The molecule has 1 aromatic heterocycles. The van der Waals surface area contributed by atoms with Crippen LogP contribution in [0.3, 0.4) is 0 Å². The van der Waals surface area contributed by atoms with Crippen LogP contribution < -0.4 is 4.74 Å². The maximum atomic E-state index is 12.7. The summed E-state index contributed by atoms with van der Waals surface area (Å²) in [6, 6.07) is 17.4. The predicted octanol–water partition coefficient (Wildman–Crippen LogP) is 4.37. The Labute approximate surface area is 197 Å². The van der Waals surface area contributed by atoms with E-state index in [4.69, 9.17) is 9.47 Å². The summed E-state index contributed by atoms with van der Waals surface area (Å²) >= 11 is 1.41. The zero-order valence-electron chi connectivity index (χ0n) is 18.8. The minimum absolute atomic E-state index is 0.127. The highest BCUT2D eigenvalue weighted by Gasteiger charge is 2.33. The van der Waals surface area contributed by atoms with Gasteiger partial charge >= 0.3 is 6.09 Å². The van der Waals surface area contributed by atoms with E-state index in [2.05, 4.69) is 4.98 Å². The van der Waals surface area contributed by atoms with Crippen molar-refractivity contribution in [1.82, 2.24) is 14.8 Å². The Bertz CT molecular complexity index is 1080. The molecule has 33 heavy (non-hydrogen) atoms. The summed E-state index contributed by atoms with van der Waals surface area (Å²) in [6.45, 7) is 4.34. The van der Waals surface area contributed by atoms with Gasteiger partial charge in [0.1, 0.15) is 29.7 Å². The first-order valence-electron chi connectivity index (χ1n) is 10.8. The highest BCUT2D eigenvalue weighted by atomic mass is 32.1. The van der Waals surface area contributed by atoms with Gasteiger partial charge in [-0.05, 0) is 24.6 Å². The van der Waals surface area contributed by atoms with Crippen LogP contribution in [0.25, 0.3) is 0 Å². The lowest BCUT2D eigenvalue weighted by Crippen LogP contribution is -2.54. The van der Waals surface area contributed by atoms with Gasteiger partial charge in [-0.1, -0.05) is 48.0 Å². The van der Waals surface area contributed by atoms with Crippen LogP contribution in [0.5, 0.6) is 5.75 Å². The molecule has 0 bridgehead atoms. The van der Waals surface area contributed by atoms with E-state index < -0.39 is 0 Å². The SMILES string of the molecule is Cc1ccc(OCc2nc(C(=O)N(C)CC3CN(C(=O)OCc4ccccc4)C3)cs2)cc1. The molecule has 0 aliphatic carbocycles. The van der Waals surface area contributed by atoms with E-state index in [1.807, 2.05) is 61.5 Å². The number of aryl methyl sites for hydroxylation is 1.